The fraction of sp³-hybridized carbons (Fsp3) is 0.353. The van der Waals surface area contributed by atoms with Crippen molar-refractivity contribution in [2.75, 3.05) is 13.6 Å². The van der Waals surface area contributed by atoms with E-state index in [9.17, 15) is 9.18 Å². The summed E-state index contributed by atoms with van der Waals surface area (Å²) in [6.45, 7) is 6.15. The van der Waals surface area contributed by atoms with Crippen LogP contribution in [0, 0.1) is 19.7 Å². The Kier molecular flexibility index (Phi) is 4.66. The van der Waals surface area contributed by atoms with Crippen LogP contribution < -0.4 is 5.73 Å². The fourth-order valence-electron chi connectivity index (χ4n) is 2.52. The van der Waals surface area contributed by atoms with E-state index >= 15 is 0 Å². The van der Waals surface area contributed by atoms with Crippen molar-refractivity contribution < 1.29 is 9.18 Å². The van der Waals surface area contributed by atoms with E-state index in [0.717, 1.165) is 17.1 Å². The first-order valence-corrected chi connectivity index (χ1v) is 7.29. The average molecular weight is 303 g/mol. The summed E-state index contributed by atoms with van der Waals surface area (Å²) in [7, 11) is 1.75. The van der Waals surface area contributed by atoms with Gasteiger partial charge in [0.25, 0.3) is 5.91 Å². The largest absolute Gasteiger partial charge is 0.338 e. The SMILES string of the molecule is Cc1cc(C(=O)N(C)C(C)CN)c(C)n1-c1ccc(F)cc1. The standard InChI is InChI=1S/C17H22FN3O/c1-11-9-16(17(22)20(4)12(2)10-19)13(3)21(11)15-7-5-14(18)6-8-15/h5-9,12H,10,19H2,1-4H3. The smallest absolute Gasteiger partial charge is 0.255 e. The van der Waals surface area contributed by atoms with E-state index < -0.39 is 0 Å². The number of hydrogen-bond donors (Lipinski definition) is 1. The van der Waals surface area contributed by atoms with Gasteiger partial charge in [-0.15, -0.1) is 0 Å². The number of rotatable bonds is 4. The second-order valence-electron chi connectivity index (χ2n) is 5.60. The maximum absolute atomic E-state index is 13.1. The quantitative estimate of drug-likeness (QED) is 0.944. The first-order chi connectivity index (χ1) is 10.4. The van der Waals surface area contributed by atoms with Gasteiger partial charge in [0, 0.05) is 36.7 Å². The third-order valence-corrected chi connectivity index (χ3v) is 4.07. The Morgan fingerprint density at radius 1 is 1.32 bits per heavy atom. The highest BCUT2D eigenvalue weighted by Crippen LogP contribution is 2.22. The number of halogens is 1. The Morgan fingerprint density at radius 2 is 1.91 bits per heavy atom. The number of carbonyl (C=O) groups is 1. The molecule has 0 fully saturated rings. The van der Waals surface area contributed by atoms with E-state index in [-0.39, 0.29) is 17.8 Å². The second kappa shape index (κ2) is 6.32. The van der Waals surface area contributed by atoms with Crippen molar-refractivity contribution in [3.05, 3.63) is 53.1 Å². The van der Waals surface area contributed by atoms with E-state index in [1.165, 1.54) is 12.1 Å². The van der Waals surface area contributed by atoms with Gasteiger partial charge in [0.2, 0.25) is 0 Å². The van der Waals surface area contributed by atoms with Crippen LogP contribution in [0.1, 0.15) is 28.7 Å². The molecular weight excluding hydrogens is 281 g/mol. The maximum Gasteiger partial charge on any atom is 0.255 e. The first kappa shape index (κ1) is 16.2. The molecule has 0 aliphatic carbocycles. The van der Waals surface area contributed by atoms with E-state index in [0.29, 0.717) is 12.1 Å². The highest BCUT2D eigenvalue weighted by Gasteiger charge is 2.22. The summed E-state index contributed by atoms with van der Waals surface area (Å²) in [6, 6.07) is 8.07. The molecule has 2 aromatic rings. The molecule has 0 aliphatic heterocycles. The van der Waals surface area contributed by atoms with Crippen molar-refractivity contribution >= 4 is 5.91 Å². The minimum Gasteiger partial charge on any atom is -0.338 e. The monoisotopic (exact) mass is 303 g/mol. The molecule has 0 aliphatic rings. The predicted molar refractivity (Wildman–Crippen MR) is 85.8 cm³/mol. The van der Waals surface area contributed by atoms with Crippen LogP contribution >= 0.6 is 0 Å². The minimum atomic E-state index is -0.279. The zero-order valence-electron chi connectivity index (χ0n) is 13.4. The Labute approximate surface area is 130 Å². The molecule has 0 radical (unpaired) electrons. The molecule has 118 valence electrons. The number of amides is 1. The van der Waals surface area contributed by atoms with Crippen molar-refractivity contribution in [2.45, 2.75) is 26.8 Å². The predicted octanol–water partition coefficient (Wildman–Crippen LogP) is 2.65. The number of likely N-dealkylation sites (N-methyl/N-ethyl adjacent to an activating group) is 1. The van der Waals surface area contributed by atoms with E-state index in [1.807, 2.05) is 31.4 Å². The molecule has 22 heavy (non-hydrogen) atoms. The van der Waals surface area contributed by atoms with Gasteiger partial charge in [-0.2, -0.15) is 0 Å². The zero-order valence-corrected chi connectivity index (χ0v) is 13.4. The van der Waals surface area contributed by atoms with E-state index in [4.69, 9.17) is 5.73 Å². The molecule has 1 aromatic heterocycles. The van der Waals surface area contributed by atoms with Crippen LogP contribution in [-0.4, -0.2) is 35.0 Å². The molecule has 0 saturated carbocycles. The summed E-state index contributed by atoms with van der Waals surface area (Å²) in [6.07, 6.45) is 0. The highest BCUT2D eigenvalue weighted by atomic mass is 19.1. The summed E-state index contributed by atoms with van der Waals surface area (Å²) in [5.41, 5.74) is 8.88. The van der Waals surface area contributed by atoms with Crippen LogP contribution in [0.25, 0.3) is 5.69 Å². The number of aromatic nitrogens is 1. The van der Waals surface area contributed by atoms with Crippen molar-refractivity contribution in [1.82, 2.24) is 9.47 Å². The molecular formula is C17H22FN3O. The van der Waals surface area contributed by atoms with Gasteiger partial charge < -0.3 is 15.2 Å². The molecule has 1 atom stereocenters. The molecule has 1 amide bonds. The normalized spacial score (nSPS) is 12.3. The Balaban J connectivity index is 2.43. The van der Waals surface area contributed by atoms with Crippen LogP contribution in [0.5, 0.6) is 0 Å². The lowest BCUT2D eigenvalue weighted by molar-refractivity contribution is 0.0747. The summed E-state index contributed by atoms with van der Waals surface area (Å²) in [5.74, 6) is -0.335. The lowest BCUT2D eigenvalue weighted by atomic mass is 10.2. The van der Waals surface area contributed by atoms with Crippen LogP contribution in [0.2, 0.25) is 0 Å². The highest BCUT2D eigenvalue weighted by molar-refractivity contribution is 5.96. The molecule has 0 bridgehead atoms. The second-order valence-corrected chi connectivity index (χ2v) is 5.60. The van der Waals surface area contributed by atoms with Crippen molar-refractivity contribution in [3.63, 3.8) is 0 Å². The lowest BCUT2D eigenvalue weighted by Gasteiger charge is -2.23. The van der Waals surface area contributed by atoms with Gasteiger partial charge in [-0.05, 0) is 51.1 Å². The minimum absolute atomic E-state index is 0.0265. The van der Waals surface area contributed by atoms with Gasteiger partial charge in [0.05, 0.1) is 5.56 Å². The van der Waals surface area contributed by atoms with Gasteiger partial charge >= 0.3 is 0 Å². The summed E-state index contributed by atoms with van der Waals surface area (Å²) < 4.78 is 15.0. The molecule has 2 N–H and O–H groups in total. The topological polar surface area (TPSA) is 51.3 Å². The molecule has 5 heteroatoms. The van der Waals surface area contributed by atoms with E-state index in [1.54, 1.807) is 24.1 Å². The number of carbonyl (C=O) groups excluding carboxylic acids is 1. The summed E-state index contributed by atoms with van der Waals surface area (Å²) in [5, 5.41) is 0. The van der Waals surface area contributed by atoms with Crippen LogP contribution in [0.15, 0.2) is 30.3 Å². The molecule has 1 unspecified atom stereocenters. The average Bonchev–Trinajstić information content (AvgIpc) is 2.81. The first-order valence-electron chi connectivity index (χ1n) is 7.29. The van der Waals surface area contributed by atoms with Gasteiger partial charge in [-0.3, -0.25) is 4.79 Å². The lowest BCUT2D eigenvalue weighted by Crippen LogP contribution is -2.39. The maximum atomic E-state index is 13.1. The molecule has 4 nitrogen and oxygen atoms in total. The van der Waals surface area contributed by atoms with E-state index in [2.05, 4.69) is 0 Å². The number of nitrogens with zero attached hydrogens (tertiary/aromatic N) is 2. The van der Waals surface area contributed by atoms with Gasteiger partial charge in [0.1, 0.15) is 5.82 Å². The zero-order chi connectivity index (χ0) is 16.4. The Hall–Kier alpha value is -2.14. The number of nitrogens with two attached hydrogens (primary N) is 1. The van der Waals surface area contributed by atoms with Crippen molar-refractivity contribution in [2.24, 2.45) is 5.73 Å². The van der Waals surface area contributed by atoms with Crippen LogP contribution in [0.3, 0.4) is 0 Å². The fourth-order valence-corrected chi connectivity index (χ4v) is 2.52. The third-order valence-electron chi connectivity index (χ3n) is 4.07. The van der Waals surface area contributed by atoms with Crippen LogP contribution in [0.4, 0.5) is 4.39 Å². The van der Waals surface area contributed by atoms with Gasteiger partial charge in [-0.25, -0.2) is 4.39 Å². The Morgan fingerprint density at radius 3 is 2.45 bits per heavy atom. The molecule has 0 spiro atoms. The molecule has 2 rings (SSSR count). The van der Waals surface area contributed by atoms with Gasteiger partial charge in [0.15, 0.2) is 0 Å². The van der Waals surface area contributed by atoms with Crippen molar-refractivity contribution in [1.29, 1.82) is 0 Å². The third kappa shape index (κ3) is 2.90. The number of hydrogen-bond acceptors (Lipinski definition) is 2. The molecule has 1 heterocycles. The number of aryl methyl sites for hydroxylation is 1. The van der Waals surface area contributed by atoms with Crippen molar-refractivity contribution in [3.8, 4) is 5.69 Å². The van der Waals surface area contributed by atoms with Gasteiger partial charge in [-0.1, -0.05) is 0 Å². The summed E-state index contributed by atoms with van der Waals surface area (Å²) >= 11 is 0. The molecule has 0 saturated heterocycles. The Bertz CT molecular complexity index is 676. The number of benzene rings is 1. The van der Waals surface area contributed by atoms with Crippen LogP contribution in [-0.2, 0) is 0 Å². The summed E-state index contributed by atoms with van der Waals surface area (Å²) in [4.78, 5) is 14.3. The molecule has 1 aromatic carbocycles.